The fourth-order valence-electron chi connectivity index (χ4n) is 14.8. The maximum atomic E-state index is 16.4. The molecule has 7 aliphatic heterocycles. The predicted molar refractivity (Wildman–Crippen MR) is 416 cm³/mol. The van der Waals surface area contributed by atoms with Gasteiger partial charge in [0.1, 0.15) is 107 Å². The number of methoxy groups -OCH3 is 1. The van der Waals surface area contributed by atoms with Crippen LogP contribution in [0.3, 0.4) is 0 Å². The van der Waals surface area contributed by atoms with E-state index in [4.69, 9.17) is 62.1 Å². The van der Waals surface area contributed by atoms with Crippen LogP contribution < -0.4 is 61.9 Å². The molecular weight excluding hydrogens is 1600 g/mol. The number of aromatic amines is 1. The lowest BCUT2D eigenvalue weighted by Crippen LogP contribution is -2.63. The number of aromatic hydroxyl groups is 3. The van der Waals surface area contributed by atoms with Gasteiger partial charge in [0.25, 0.3) is 0 Å². The van der Waals surface area contributed by atoms with Gasteiger partial charge in [-0.15, -0.1) is 0 Å². The van der Waals surface area contributed by atoms with Crippen molar-refractivity contribution >= 4 is 76.4 Å². The van der Waals surface area contributed by atoms with Gasteiger partial charge in [-0.25, -0.2) is 9.78 Å². The van der Waals surface area contributed by atoms with Crippen molar-refractivity contribution in [2.75, 3.05) is 20.8 Å². The number of aliphatic hydroxyl groups is 6. The Bertz CT molecular complexity index is 5010. The molecule has 2 saturated heterocycles. The van der Waals surface area contributed by atoms with E-state index in [1.165, 1.54) is 56.6 Å². The van der Waals surface area contributed by atoms with Gasteiger partial charge >= 0.3 is 5.97 Å². The summed E-state index contributed by atoms with van der Waals surface area (Å²) < 4.78 is 44.0. The van der Waals surface area contributed by atoms with Crippen molar-refractivity contribution in [1.82, 2.24) is 52.1 Å². The summed E-state index contributed by atoms with van der Waals surface area (Å²) in [5, 5.41) is 132. The summed E-state index contributed by atoms with van der Waals surface area (Å²) in [5.41, 5.74) is 2.90. The number of hydrogen-bond donors (Lipinski definition) is 19. The highest BCUT2D eigenvalue weighted by molar-refractivity contribution is 6.32. The monoisotopic (exact) mass is 1690 g/mol. The van der Waals surface area contributed by atoms with Crippen LogP contribution in [-0.4, -0.2) is 219 Å². The Morgan fingerprint density at radius 3 is 2.01 bits per heavy atom. The summed E-state index contributed by atoms with van der Waals surface area (Å²) in [6.45, 7) is 5.76. The second-order valence-electron chi connectivity index (χ2n) is 30.1. The van der Waals surface area contributed by atoms with E-state index in [9.17, 15) is 65.4 Å². The molecule has 2 fully saturated rings. The number of likely N-dealkylation sites (N-methyl/N-ethyl adjacent to an activating group) is 1. The number of phenolic OH excluding ortho intramolecular Hbond substituents is 3. The molecule has 0 saturated carbocycles. The average molecular weight is 1690 g/mol. The number of phenols is 3. The Balaban J connectivity index is 1.05. The van der Waals surface area contributed by atoms with Gasteiger partial charge in [-0.2, -0.15) is 0 Å². The van der Waals surface area contributed by atoms with Crippen molar-refractivity contribution in [3.63, 3.8) is 0 Å². The molecule has 37 nitrogen and oxygen atoms in total. The Morgan fingerprint density at radius 2 is 1.38 bits per heavy atom. The number of ether oxygens (including phenoxy) is 7. The molecule has 18 atom stereocenters. The van der Waals surface area contributed by atoms with E-state index < -0.39 is 248 Å². The number of halogens is 2. The number of nitrogens with zero attached hydrogens (tertiary/aromatic N) is 2. The number of fused-ring (bicyclic) bond motifs is 15. The number of aliphatic carboxylic acids is 1. The van der Waals surface area contributed by atoms with Crippen molar-refractivity contribution in [1.29, 1.82) is 0 Å². The molecule has 7 aliphatic rings. The first kappa shape index (κ1) is 86.9. The number of benzene rings is 6. The third-order valence-corrected chi connectivity index (χ3v) is 21.8. The second kappa shape index (κ2) is 36.4. The van der Waals surface area contributed by atoms with Crippen LogP contribution in [0.1, 0.15) is 123 Å². The highest BCUT2D eigenvalue weighted by Gasteiger charge is 2.50. The maximum Gasteiger partial charge on any atom is 0.330 e. The number of carboxylic acid groups (broad SMARTS) is 1. The first-order valence-electron chi connectivity index (χ1n) is 37.6. The number of carboxylic acids is 1. The normalized spacial score (nSPS) is 26.7. The zero-order chi connectivity index (χ0) is 85.9. The quantitative estimate of drug-likeness (QED) is 0.0521. The predicted octanol–water partition coefficient (Wildman–Crippen LogP) is 2.54. The summed E-state index contributed by atoms with van der Waals surface area (Å²) >= 11 is 14.5. The summed E-state index contributed by atoms with van der Waals surface area (Å²) in [4.78, 5) is 144. The van der Waals surface area contributed by atoms with E-state index in [0.717, 1.165) is 60.2 Å². The largest absolute Gasteiger partial charge is 0.508 e. The number of H-pyrrole nitrogens is 1. The van der Waals surface area contributed by atoms with Crippen LogP contribution in [0, 0.1) is 5.92 Å². The number of aryl methyl sites for hydroxylation is 1. The lowest BCUT2D eigenvalue weighted by atomic mass is 9.85. The average Bonchev–Trinajstić information content (AvgIpc) is 1.10. The highest BCUT2D eigenvalue weighted by Crippen LogP contribution is 2.50. The molecule has 39 heteroatoms. The SMILES string of the molecule is COc1ccc(CCC(=O)N(C)[C@H](CC(C)C)C(=O)NC2C(=O)NC(CC(N)=O)C(=O)NC3C(=O)N[C@H]4C(=O)N[C@H](C(=O)NC(C(=O)O)c5cc(O)cc(O)c5-c5cc4ccc5O)[C@H](O[C@H]4CC(C)(NCc5c[nH]cn5)[C@@H](O)C(C)O4)c4ccc(c(Cl)c4)Oc4cc3cc(c4O[C@@H]3O[C@H](CO)C(O)[C@H](O)C3O)Oc3ccc(cc3Cl)C2O)cc1. The minimum Gasteiger partial charge on any atom is -0.508 e. The van der Waals surface area contributed by atoms with Crippen molar-refractivity contribution in [3.8, 4) is 62.9 Å². The molecule has 6 aromatic carbocycles. The Hall–Kier alpha value is -11.5. The molecule has 8 amide bonds. The van der Waals surface area contributed by atoms with Gasteiger partial charge in [0.05, 0.1) is 54.4 Å². The van der Waals surface area contributed by atoms with Gasteiger partial charge in [-0.3, -0.25) is 38.4 Å². The van der Waals surface area contributed by atoms with Crippen LogP contribution in [0.4, 0.5) is 0 Å². The smallest absolute Gasteiger partial charge is 0.330 e. The lowest BCUT2D eigenvalue weighted by molar-refractivity contribution is -0.277. The highest BCUT2D eigenvalue weighted by atomic mass is 35.5. The minimum atomic E-state index is -2.41. The molecule has 9 unspecified atom stereocenters. The molecule has 14 rings (SSSR count). The third kappa shape index (κ3) is 19.2. The number of carbonyl (C=O) groups is 9. The number of nitrogens with one attached hydrogen (secondary N) is 8. The topological polar surface area (TPSA) is 563 Å². The van der Waals surface area contributed by atoms with Crippen LogP contribution in [-0.2, 0) is 70.3 Å². The molecule has 119 heavy (non-hydrogen) atoms. The number of primary amides is 1. The fourth-order valence-corrected chi connectivity index (χ4v) is 15.2. The fraction of sp³-hybridized carbons (Fsp3) is 0.400. The first-order valence-corrected chi connectivity index (χ1v) is 38.4. The van der Waals surface area contributed by atoms with E-state index >= 15 is 28.8 Å². The number of amides is 8. The summed E-state index contributed by atoms with van der Waals surface area (Å²) in [6.07, 6.45) is -16.4. The molecule has 20 N–H and O–H groups in total. The Labute approximate surface area is 688 Å². The van der Waals surface area contributed by atoms with Crippen molar-refractivity contribution in [2.24, 2.45) is 11.7 Å². The van der Waals surface area contributed by atoms with Crippen LogP contribution in [0.25, 0.3) is 11.1 Å². The number of imidazole rings is 1. The van der Waals surface area contributed by atoms with Crippen molar-refractivity contribution in [3.05, 3.63) is 165 Å². The van der Waals surface area contributed by atoms with Crippen LogP contribution in [0.15, 0.2) is 116 Å². The molecular formula is C80H89Cl2N11O26. The molecule has 11 bridgehead atoms. The van der Waals surface area contributed by atoms with Crippen molar-refractivity contribution in [2.45, 2.75) is 176 Å². The van der Waals surface area contributed by atoms with E-state index in [-0.39, 0.29) is 60.6 Å². The van der Waals surface area contributed by atoms with Gasteiger partial charge in [-0.05, 0) is 127 Å². The van der Waals surface area contributed by atoms with Gasteiger partial charge in [-0.1, -0.05) is 67.4 Å². The first-order chi connectivity index (χ1) is 56.5. The number of aliphatic hydroxyl groups excluding tert-OH is 6. The zero-order valence-corrected chi connectivity index (χ0v) is 66.1. The third-order valence-electron chi connectivity index (χ3n) is 21.2. The van der Waals surface area contributed by atoms with E-state index in [1.807, 2.05) is 0 Å². The van der Waals surface area contributed by atoms with Gasteiger partial charge in [0.2, 0.25) is 59.3 Å². The minimum absolute atomic E-state index is 0.0190. The number of rotatable bonds is 20. The molecule has 7 aromatic rings. The lowest BCUT2D eigenvalue weighted by Gasteiger charge is -2.46. The number of carbonyl (C=O) groups excluding carboxylic acids is 8. The summed E-state index contributed by atoms with van der Waals surface area (Å²) in [7, 11) is 2.87. The van der Waals surface area contributed by atoms with Crippen LogP contribution >= 0.6 is 23.2 Å². The standard InChI is InChI=1S/C80H89Cl2N11O26/c1-33(2)19-48(93(5)57(99)18-9-35-7-13-42(113-6)14-8-35)73(106)91-63-65(100)37-11-16-51(45(81)21-37)115-53-23-39-24-54(70(53)119-79-68(103)67(102)66(101)55(31-94)117-79)116-52-17-12-38(22-46(52)82)69(118-58-28-80(4,71(104)34(3)114-58)86-30-40-29-84-32-85-40)64-77(110)90-62(78(111)112)44-25-41(95)26-50(97)59(44)43-20-36(10-15-49(43)96)60(74(107)92-64)89-75(108)61(39)88-72(105)47(27-56(83)98)87-76(63)109/h7-8,10-17,20-26,29,32-34,47-48,55,58,60-69,71,79,86,94-97,100-104H,9,18-19,27-28,30-31H2,1-6H3,(H2,83,98)(H,84,85)(H,87,109)(H,88,105)(H,89,108)(H,90,110)(H,91,106)(H,92,107)(H,111,112)/t34?,47?,48-,55-,58+,60-,61?,62?,63?,64+,65?,66?,67+,68?,69-,71+,79+,80?/m1/s1. The molecule has 634 valence electrons. The summed E-state index contributed by atoms with van der Waals surface area (Å²) in [5.74, 6) is -16.7. The van der Waals surface area contributed by atoms with Crippen molar-refractivity contribution < 1.29 is 127 Å². The molecule has 0 spiro atoms. The van der Waals surface area contributed by atoms with Crippen LogP contribution in [0.2, 0.25) is 10.0 Å². The Morgan fingerprint density at radius 1 is 0.731 bits per heavy atom. The van der Waals surface area contributed by atoms with Crippen LogP contribution in [0.5, 0.6) is 51.7 Å². The van der Waals surface area contributed by atoms with Gasteiger partial charge in [0, 0.05) is 60.9 Å². The van der Waals surface area contributed by atoms with E-state index in [2.05, 4.69) is 47.2 Å². The number of aromatic nitrogens is 2. The molecule has 1 aromatic heterocycles. The van der Waals surface area contributed by atoms with Gasteiger partial charge in [0.15, 0.2) is 23.8 Å². The molecule has 0 aliphatic carbocycles. The summed E-state index contributed by atoms with van der Waals surface area (Å²) in [6, 6.07) is 5.67. The van der Waals surface area contributed by atoms with E-state index in [0.29, 0.717) is 11.4 Å². The molecule has 0 radical (unpaired) electrons. The molecule has 8 heterocycles. The Kier molecular flexibility index (Phi) is 26.6. The number of nitrogens with two attached hydrogens (primary N) is 1. The zero-order valence-electron chi connectivity index (χ0n) is 64.5. The maximum absolute atomic E-state index is 16.4. The van der Waals surface area contributed by atoms with E-state index in [1.54, 1.807) is 51.2 Å². The second-order valence-corrected chi connectivity index (χ2v) is 30.9. The number of hydrogen-bond acceptors (Lipinski definition) is 27. The van der Waals surface area contributed by atoms with Gasteiger partial charge < -0.3 is 137 Å².